The smallest absolute Gasteiger partial charge is 0.267 e. The summed E-state index contributed by atoms with van der Waals surface area (Å²) in [6, 6.07) is 4.74. The molecule has 2 aliphatic heterocycles. The zero-order chi connectivity index (χ0) is 16.6. The van der Waals surface area contributed by atoms with Crippen molar-refractivity contribution in [3.63, 3.8) is 0 Å². The molecule has 2 aliphatic rings. The zero-order valence-corrected chi connectivity index (χ0v) is 14.3. The van der Waals surface area contributed by atoms with E-state index in [1.807, 2.05) is 0 Å². The maximum absolute atomic E-state index is 12.9. The van der Waals surface area contributed by atoms with Gasteiger partial charge >= 0.3 is 0 Å². The Labute approximate surface area is 137 Å². The van der Waals surface area contributed by atoms with Crippen molar-refractivity contribution < 1.29 is 17.9 Å². The highest BCUT2D eigenvalue weighted by Gasteiger charge is 2.32. The van der Waals surface area contributed by atoms with E-state index in [0.717, 1.165) is 25.7 Å². The minimum absolute atomic E-state index is 0.179. The molecule has 6 nitrogen and oxygen atoms in total. The number of carbonyl (C=O) groups is 1. The summed E-state index contributed by atoms with van der Waals surface area (Å²) in [7, 11) is -1.89. The normalized spacial score (nSPS) is 23.1. The van der Waals surface area contributed by atoms with Crippen LogP contribution in [0.15, 0.2) is 23.1 Å². The first-order chi connectivity index (χ1) is 10.9. The van der Waals surface area contributed by atoms with Crippen molar-refractivity contribution in [1.29, 1.82) is 0 Å². The standard InChI is InChI=1S/C16H22N2O4S/c1-12-16(19)17(2)14-11-13(7-8-15(14)22-12)23(20,21)18-9-5-3-4-6-10-18/h7-8,11-12H,3-6,9-10H2,1-2H3. The van der Waals surface area contributed by atoms with Crippen LogP contribution in [0.5, 0.6) is 5.75 Å². The van der Waals surface area contributed by atoms with Gasteiger partial charge in [-0.15, -0.1) is 0 Å². The summed E-state index contributed by atoms with van der Waals surface area (Å²) < 4.78 is 32.8. The number of nitrogens with zero attached hydrogens (tertiary/aromatic N) is 2. The van der Waals surface area contributed by atoms with Crippen molar-refractivity contribution in [2.24, 2.45) is 0 Å². The molecule has 1 fully saturated rings. The lowest BCUT2D eigenvalue weighted by Gasteiger charge is -2.31. The average molecular weight is 338 g/mol. The molecule has 0 aliphatic carbocycles. The molecule has 1 unspecified atom stereocenters. The number of fused-ring (bicyclic) bond motifs is 1. The van der Waals surface area contributed by atoms with Crippen LogP contribution in [0, 0.1) is 0 Å². The van der Waals surface area contributed by atoms with Gasteiger partial charge in [0.25, 0.3) is 5.91 Å². The summed E-state index contributed by atoms with van der Waals surface area (Å²) in [5, 5.41) is 0. The molecule has 126 valence electrons. The number of hydrogen-bond acceptors (Lipinski definition) is 4. The summed E-state index contributed by atoms with van der Waals surface area (Å²) in [4.78, 5) is 13.7. The Morgan fingerprint density at radius 1 is 1.13 bits per heavy atom. The van der Waals surface area contributed by atoms with E-state index in [1.54, 1.807) is 36.5 Å². The van der Waals surface area contributed by atoms with Gasteiger partial charge in [0.2, 0.25) is 10.0 Å². The van der Waals surface area contributed by atoms with Gasteiger partial charge in [-0.05, 0) is 38.0 Å². The Balaban J connectivity index is 1.96. The third-order valence-electron chi connectivity index (χ3n) is 4.48. The fraction of sp³-hybridized carbons (Fsp3) is 0.562. The average Bonchev–Trinajstić information content (AvgIpc) is 2.82. The van der Waals surface area contributed by atoms with Gasteiger partial charge in [-0.3, -0.25) is 4.79 Å². The molecule has 23 heavy (non-hydrogen) atoms. The summed E-state index contributed by atoms with van der Waals surface area (Å²) in [5.41, 5.74) is 0.504. The molecule has 1 atom stereocenters. The van der Waals surface area contributed by atoms with Gasteiger partial charge in [-0.2, -0.15) is 4.31 Å². The van der Waals surface area contributed by atoms with Gasteiger partial charge in [0, 0.05) is 20.1 Å². The molecule has 1 saturated heterocycles. The van der Waals surface area contributed by atoms with Gasteiger partial charge in [0.05, 0.1) is 10.6 Å². The number of amides is 1. The van der Waals surface area contributed by atoms with E-state index in [-0.39, 0.29) is 10.8 Å². The molecule has 1 amide bonds. The molecule has 0 saturated carbocycles. The molecule has 1 aromatic rings. The molecule has 0 spiro atoms. The second-order valence-corrected chi connectivity index (χ2v) is 8.04. The molecule has 0 N–H and O–H groups in total. The number of sulfonamides is 1. The van der Waals surface area contributed by atoms with Crippen molar-refractivity contribution in [1.82, 2.24) is 4.31 Å². The van der Waals surface area contributed by atoms with Crippen molar-refractivity contribution in [2.75, 3.05) is 25.0 Å². The first-order valence-electron chi connectivity index (χ1n) is 7.99. The number of benzene rings is 1. The predicted molar refractivity (Wildman–Crippen MR) is 87.2 cm³/mol. The van der Waals surface area contributed by atoms with E-state index in [1.165, 1.54) is 4.90 Å². The van der Waals surface area contributed by atoms with Crippen LogP contribution < -0.4 is 9.64 Å². The summed E-state index contributed by atoms with van der Waals surface area (Å²) >= 11 is 0. The van der Waals surface area contributed by atoms with Crippen LogP contribution in [0.25, 0.3) is 0 Å². The van der Waals surface area contributed by atoms with Crippen molar-refractivity contribution in [2.45, 2.75) is 43.6 Å². The number of hydrogen-bond donors (Lipinski definition) is 0. The Kier molecular flexibility index (Phi) is 4.33. The van der Waals surface area contributed by atoms with E-state index in [9.17, 15) is 13.2 Å². The maximum atomic E-state index is 12.9. The van der Waals surface area contributed by atoms with E-state index in [0.29, 0.717) is 24.5 Å². The van der Waals surface area contributed by atoms with Crippen LogP contribution in [0.4, 0.5) is 5.69 Å². The molecule has 0 aromatic heterocycles. The molecular weight excluding hydrogens is 316 g/mol. The van der Waals surface area contributed by atoms with Crippen LogP contribution >= 0.6 is 0 Å². The van der Waals surface area contributed by atoms with Gasteiger partial charge in [0.15, 0.2) is 6.10 Å². The van der Waals surface area contributed by atoms with Gasteiger partial charge in [-0.1, -0.05) is 12.8 Å². The first kappa shape index (κ1) is 16.3. The highest BCUT2D eigenvalue weighted by atomic mass is 32.2. The third-order valence-corrected chi connectivity index (χ3v) is 6.37. The van der Waals surface area contributed by atoms with Crippen LogP contribution in [-0.4, -0.2) is 44.9 Å². The predicted octanol–water partition coefficient (Wildman–Crippen LogP) is 2.00. The number of rotatable bonds is 2. The summed E-state index contributed by atoms with van der Waals surface area (Å²) in [6.07, 6.45) is 3.37. The van der Waals surface area contributed by atoms with Crippen LogP contribution in [0.1, 0.15) is 32.6 Å². The lowest BCUT2D eigenvalue weighted by molar-refractivity contribution is -0.125. The fourth-order valence-corrected chi connectivity index (χ4v) is 4.62. The Morgan fingerprint density at radius 3 is 2.43 bits per heavy atom. The van der Waals surface area contributed by atoms with Crippen molar-refractivity contribution in [3.8, 4) is 5.75 Å². The molecule has 3 rings (SSSR count). The van der Waals surface area contributed by atoms with E-state index >= 15 is 0 Å². The minimum Gasteiger partial charge on any atom is -0.479 e. The monoisotopic (exact) mass is 338 g/mol. The number of ether oxygens (including phenoxy) is 1. The molecular formula is C16H22N2O4S. The largest absolute Gasteiger partial charge is 0.479 e. The topological polar surface area (TPSA) is 66.9 Å². The van der Waals surface area contributed by atoms with Crippen LogP contribution in [0.2, 0.25) is 0 Å². The van der Waals surface area contributed by atoms with Gasteiger partial charge < -0.3 is 9.64 Å². The lowest BCUT2D eigenvalue weighted by Crippen LogP contribution is -2.42. The maximum Gasteiger partial charge on any atom is 0.267 e. The van der Waals surface area contributed by atoms with Crippen molar-refractivity contribution in [3.05, 3.63) is 18.2 Å². The summed E-state index contributed by atoms with van der Waals surface area (Å²) in [5.74, 6) is 0.358. The lowest BCUT2D eigenvalue weighted by atomic mass is 10.2. The molecule has 0 bridgehead atoms. The highest BCUT2D eigenvalue weighted by Crippen LogP contribution is 2.36. The van der Waals surface area contributed by atoms with Gasteiger partial charge in [-0.25, -0.2) is 8.42 Å². The minimum atomic E-state index is -3.53. The third kappa shape index (κ3) is 2.95. The van der Waals surface area contributed by atoms with E-state index < -0.39 is 16.1 Å². The molecule has 0 radical (unpaired) electrons. The Bertz CT molecular complexity index is 709. The van der Waals surface area contributed by atoms with E-state index in [2.05, 4.69) is 0 Å². The molecule has 1 aromatic carbocycles. The molecule has 2 heterocycles. The second-order valence-electron chi connectivity index (χ2n) is 6.11. The number of anilines is 1. The second kappa shape index (κ2) is 6.13. The first-order valence-corrected chi connectivity index (χ1v) is 9.43. The SMILES string of the molecule is CC1Oc2ccc(S(=O)(=O)N3CCCCCC3)cc2N(C)C1=O. The van der Waals surface area contributed by atoms with E-state index in [4.69, 9.17) is 4.74 Å². The zero-order valence-electron chi connectivity index (χ0n) is 13.5. The van der Waals surface area contributed by atoms with Crippen LogP contribution in [-0.2, 0) is 14.8 Å². The number of carbonyl (C=O) groups excluding carboxylic acids is 1. The summed E-state index contributed by atoms with van der Waals surface area (Å²) in [6.45, 7) is 2.80. The quantitative estimate of drug-likeness (QED) is 0.827. The fourth-order valence-electron chi connectivity index (χ4n) is 3.08. The Morgan fingerprint density at radius 2 is 1.78 bits per heavy atom. The number of likely N-dealkylation sites (N-methyl/N-ethyl adjacent to an activating group) is 1. The highest BCUT2D eigenvalue weighted by molar-refractivity contribution is 7.89. The van der Waals surface area contributed by atoms with Gasteiger partial charge in [0.1, 0.15) is 5.75 Å². The van der Waals surface area contributed by atoms with Crippen molar-refractivity contribution >= 4 is 21.6 Å². The Hall–Kier alpha value is -1.60. The molecule has 7 heteroatoms. The van der Waals surface area contributed by atoms with Crippen LogP contribution in [0.3, 0.4) is 0 Å².